The summed E-state index contributed by atoms with van der Waals surface area (Å²) in [6.45, 7) is 0. The van der Waals surface area contributed by atoms with Crippen molar-refractivity contribution in [3.05, 3.63) is 102 Å². The van der Waals surface area contributed by atoms with Gasteiger partial charge in [-0.25, -0.2) is 15.0 Å². The van der Waals surface area contributed by atoms with Gasteiger partial charge in [0.15, 0.2) is 11.6 Å². The van der Waals surface area contributed by atoms with Crippen LogP contribution in [-0.4, -0.2) is 15.0 Å². The lowest BCUT2D eigenvalue weighted by atomic mass is 10.0. The highest BCUT2D eigenvalue weighted by atomic mass is 79.9. The topological polar surface area (TPSA) is 38.7 Å². The van der Waals surface area contributed by atoms with Crippen molar-refractivity contribution < 1.29 is 0 Å². The highest BCUT2D eigenvalue weighted by Crippen LogP contribution is 2.40. The van der Waals surface area contributed by atoms with E-state index in [-0.39, 0.29) is 0 Å². The molecule has 0 fully saturated rings. The number of rotatable bonds is 3. The summed E-state index contributed by atoms with van der Waals surface area (Å²) in [5.41, 5.74) is 4.35. The highest BCUT2D eigenvalue weighted by molar-refractivity contribution is 9.10. The van der Waals surface area contributed by atoms with Crippen molar-refractivity contribution in [2.24, 2.45) is 0 Å². The molecule has 0 radical (unpaired) electrons. The lowest BCUT2D eigenvalue weighted by molar-refractivity contribution is 1.03. The summed E-state index contributed by atoms with van der Waals surface area (Å²) >= 11 is 5.29. The highest BCUT2D eigenvalue weighted by Gasteiger charge is 2.12. The van der Waals surface area contributed by atoms with Crippen molar-refractivity contribution in [3.63, 3.8) is 0 Å². The lowest BCUT2D eigenvalue weighted by Gasteiger charge is -2.07. The summed E-state index contributed by atoms with van der Waals surface area (Å²) in [6, 6.07) is 33.5. The van der Waals surface area contributed by atoms with Crippen molar-refractivity contribution in [1.29, 1.82) is 0 Å². The second-order valence-electron chi connectivity index (χ2n) is 7.48. The van der Waals surface area contributed by atoms with Gasteiger partial charge in [0.25, 0.3) is 0 Å². The van der Waals surface area contributed by atoms with Gasteiger partial charge in [-0.15, -0.1) is 11.3 Å². The van der Waals surface area contributed by atoms with Gasteiger partial charge >= 0.3 is 0 Å². The Hall–Kier alpha value is -3.41. The number of nitrogens with zero attached hydrogens (tertiary/aromatic N) is 3. The average molecular weight is 494 g/mol. The Kier molecular flexibility index (Phi) is 4.78. The number of aromatic nitrogens is 3. The van der Waals surface area contributed by atoms with E-state index in [0.717, 1.165) is 11.1 Å². The average Bonchev–Trinajstić information content (AvgIpc) is 3.23. The Morgan fingerprint density at radius 2 is 1.16 bits per heavy atom. The third kappa shape index (κ3) is 3.40. The van der Waals surface area contributed by atoms with Gasteiger partial charge in [0, 0.05) is 31.3 Å². The normalized spacial score (nSPS) is 11.3. The summed E-state index contributed by atoms with van der Waals surface area (Å²) in [7, 11) is 0. The molecule has 0 bridgehead atoms. The van der Waals surface area contributed by atoms with Crippen LogP contribution in [0, 0.1) is 0 Å². The zero-order valence-corrected chi connectivity index (χ0v) is 19.3. The maximum Gasteiger partial charge on any atom is 0.200 e. The summed E-state index contributed by atoms with van der Waals surface area (Å²) in [5.74, 6) is 1.30. The lowest BCUT2D eigenvalue weighted by Crippen LogP contribution is -1.97. The maximum absolute atomic E-state index is 4.71. The first kappa shape index (κ1) is 19.3. The van der Waals surface area contributed by atoms with Crippen LogP contribution in [0.1, 0.15) is 0 Å². The molecular formula is C27H16BrN3S. The van der Waals surface area contributed by atoms with Crippen LogP contribution in [0.3, 0.4) is 0 Å². The summed E-state index contributed by atoms with van der Waals surface area (Å²) in [5, 5.41) is 2.62. The van der Waals surface area contributed by atoms with Gasteiger partial charge in [0.2, 0.25) is 4.73 Å². The van der Waals surface area contributed by atoms with E-state index in [1.54, 1.807) is 0 Å². The Bertz CT molecular complexity index is 1570. The van der Waals surface area contributed by atoms with Gasteiger partial charge in [-0.05, 0) is 33.1 Å². The van der Waals surface area contributed by atoms with E-state index in [9.17, 15) is 0 Å². The fraction of sp³-hybridized carbons (Fsp3) is 0. The molecule has 4 aromatic carbocycles. The van der Waals surface area contributed by atoms with E-state index in [2.05, 4.69) is 92.6 Å². The van der Waals surface area contributed by atoms with Crippen LogP contribution >= 0.6 is 27.3 Å². The van der Waals surface area contributed by atoms with Crippen LogP contribution in [0.25, 0.3) is 54.1 Å². The van der Waals surface area contributed by atoms with Gasteiger partial charge < -0.3 is 0 Å². The minimum absolute atomic E-state index is 0.528. The fourth-order valence-electron chi connectivity index (χ4n) is 3.97. The molecule has 0 aliphatic heterocycles. The monoisotopic (exact) mass is 493 g/mol. The first-order chi connectivity index (χ1) is 15.8. The van der Waals surface area contributed by atoms with Crippen molar-refractivity contribution in [2.75, 3.05) is 0 Å². The number of thiophene rings is 1. The number of halogens is 1. The number of hydrogen-bond acceptors (Lipinski definition) is 4. The number of hydrogen-bond donors (Lipinski definition) is 0. The van der Waals surface area contributed by atoms with Crippen molar-refractivity contribution in [3.8, 4) is 33.9 Å². The molecule has 6 aromatic rings. The molecule has 0 aliphatic rings. The molecule has 0 saturated heterocycles. The first-order valence-corrected chi connectivity index (χ1v) is 11.9. The first-order valence-electron chi connectivity index (χ1n) is 10.2. The summed E-state index contributed by atoms with van der Waals surface area (Å²) in [4.78, 5) is 13.7. The van der Waals surface area contributed by atoms with Crippen LogP contribution in [0.15, 0.2) is 102 Å². The molecule has 3 nitrogen and oxygen atoms in total. The maximum atomic E-state index is 4.71. The van der Waals surface area contributed by atoms with Crippen LogP contribution in [-0.2, 0) is 0 Å². The fourth-order valence-corrected chi connectivity index (χ4v) is 5.54. The van der Waals surface area contributed by atoms with E-state index in [4.69, 9.17) is 4.98 Å². The third-order valence-electron chi connectivity index (χ3n) is 5.50. The van der Waals surface area contributed by atoms with E-state index in [0.29, 0.717) is 16.4 Å². The second-order valence-corrected chi connectivity index (χ2v) is 9.24. The number of benzene rings is 4. The zero-order chi connectivity index (χ0) is 21.5. The minimum atomic E-state index is 0.528. The predicted octanol–water partition coefficient (Wildman–Crippen LogP) is 8.00. The molecule has 6 rings (SSSR count). The van der Waals surface area contributed by atoms with E-state index >= 15 is 0 Å². The largest absolute Gasteiger partial charge is 0.208 e. The standard InChI is InChI=1S/C27H16BrN3S/c28-27-30-25(18-7-2-1-3-8-18)29-26(31-27)19-15-13-17(14-16-19)20-10-6-11-22-21-9-4-5-12-23(21)32-24(20)22/h1-16H. The van der Waals surface area contributed by atoms with Crippen LogP contribution in [0.2, 0.25) is 0 Å². The molecular weight excluding hydrogens is 478 g/mol. The van der Waals surface area contributed by atoms with Gasteiger partial charge in [-0.2, -0.15) is 0 Å². The molecule has 0 aliphatic carbocycles. The van der Waals surface area contributed by atoms with Crippen LogP contribution in [0.4, 0.5) is 0 Å². The number of fused-ring (bicyclic) bond motifs is 3. The molecule has 32 heavy (non-hydrogen) atoms. The van der Waals surface area contributed by atoms with Crippen LogP contribution < -0.4 is 0 Å². The zero-order valence-electron chi connectivity index (χ0n) is 16.9. The van der Waals surface area contributed by atoms with Gasteiger partial charge in [-0.3, -0.25) is 0 Å². The molecule has 0 N–H and O–H groups in total. The van der Waals surface area contributed by atoms with Crippen molar-refractivity contribution in [2.45, 2.75) is 0 Å². The van der Waals surface area contributed by atoms with Crippen molar-refractivity contribution in [1.82, 2.24) is 15.0 Å². The Labute approximate surface area is 197 Å². The molecule has 152 valence electrons. The predicted molar refractivity (Wildman–Crippen MR) is 137 cm³/mol. The van der Waals surface area contributed by atoms with E-state index in [1.807, 2.05) is 41.7 Å². The SMILES string of the molecule is Brc1nc(-c2ccccc2)nc(-c2ccc(-c3cccc4c3sc3ccccc34)cc2)n1. The Morgan fingerprint density at radius 1 is 0.531 bits per heavy atom. The summed E-state index contributed by atoms with van der Waals surface area (Å²) < 4.78 is 3.16. The van der Waals surface area contributed by atoms with Gasteiger partial charge in [0.05, 0.1) is 0 Å². The molecule has 0 saturated carbocycles. The molecule has 2 heterocycles. The molecule has 0 unspecified atom stereocenters. The Morgan fingerprint density at radius 3 is 1.94 bits per heavy atom. The molecule has 0 spiro atoms. The summed E-state index contributed by atoms with van der Waals surface area (Å²) in [6.07, 6.45) is 0. The molecule has 0 atom stereocenters. The molecule has 2 aromatic heterocycles. The van der Waals surface area contributed by atoms with Crippen LogP contribution in [0.5, 0.6) is 0 Å². The van der Waals surface area contributed by atoms with E-state index < -0.39 is 0 Å². The van der Waals surface area contributed by atoms with Gasteiger partial charge in [0.1, 0.15) is 0 Å². The second kappa shape index (κ2) is 7.93. The quantitative estimate of drug-likeness (QED) is 0.250. The third-order valence-corrected chi connectivity index (χ3v) is 7.07. The smallest absolute Gasteiger partial charge is 0.200 e. The van der Waals surface area contributed by atoms with E-state index in [1.165, 1.54) is 31.3 Å². The molecule has 5 heteroatoms. The minimum Gasteiger partial charge on any atom is -0.208 e. The molecule has 0 amide bonds. The van der Waals surface area contributed by atoms with Gasteiger partial charge in [-0.1, -0.05) is 91.0 Å². The van der Waals surface area contributed by atoms with Crippen molar-refractivity contribution >= 4 is 47.4 Å². The Balaban J connectivity index is 1.42.